The molecule has 3 rings (SSSR count). The van der Waals surface area contributed by atoms with Crippen LogP contribution in [0.2, 0.25) is 0 Å². The summed E-state index contributed by atoms with van der Waals surface area (Å²) >= 11 is 0. The molecule has 130 valence electrons. The molecule has 0 bridgehead atoms. The SMILES string of the molecule is CNC(=O)[C@@H]1CN(C)CCN(C(=O)C2(c3ccccc3F)CC2)C1. The predicted molar refractivity (Wildman–Crippen MR) is 88.9 cm³/mol. The zero-order chi connectivity index (χ0) is 17.3. The normalized spacial score (nSPS) is 23.5. The molecule has 1 aliphatic carbocycles. The van der Waals surface area contributed by atoms with Gasteiger partial charge in [-0.25, -0.2) is 4.39 Å². The first-order valence-corrected chi connectivity index (χ1v) is 8.42. The largest absolute Gasteiger partial charge is 0.359 e. The molecule has 1 N–H and O–H groups in total. The topological polar surface area (TPSA) is 52.7 Å². The van der Waals surface area contributed by atoms with E-state index < -0.39 is 5.41 Å². The standard InChI is InChI=1S/C18H24FN3O2/c1-20-16(23)13-11-21(2)9-10-22(12-13)17(24)18(7-8-18)14-5-3-4-6-15(14)19/h3-6,13H,7-12H2,1-2H3,(H,20,23)/t13-/m1/s1. The molecule has 1 saturated heterocycles. The number of hydrogen-bond donors (Lipinski definition) is 1. The number of benzene rings is 1. The Bertz CT molecular complexity index is 645. The van der Waals surface area contributed by atoms with Crippen LogP contribution >= 0.6 is 0 Å². The van der Waals surface area contributed by atoms with Gasteiger partial charge in [-0.1, -0.05) is 18.2 Å². The number of carbonyl (C=O) groups excluding carboxylic acids is 2. The van der Waals surface area contributed by atoms with Crippen LogP contribution in [0.5, 0.6) is 0 Å². The second-order valence-corrected chi connectivity index (χ2v) is 6.89. The van der Waals surface area contributed by atoms with Crippen LogP contribution in [0.1, 0.15) is 18.4 Å². The van der Waals surface area contributed by atoms with Crippen LogP contribution in [0, 0.1) is 11.7 Å². The lowest BCUT2D eigenvalue weighted by Crippen LogP contribution is -2.45. The third-order valence-electron chi connectivity index (χ3n) is 5.18. The van der Waals surface area contributed by atoms with Gasteiger partial charge in [0.2, 0.25) is 11.8 Å². The van der Waals surface area contributed by atoms with Crippen LogP contribution in [-0.2, 0) is 15.0 Å². The lowest BCUT2D eigenvalue weighted by molar-refractivity contribution is -0.135. The van der Waals surface area contributed by atoms with Crippen LogP contribution in [0.25, 0.3) is 0 Å². The highest BCUT2D eigenvalue weighted by Crippen LogP contribution is 2.50. The summed E-state index contributed by atoms with van der Waals surface area (Å²) in [6.45, 7) is 2.29. The fourth-order valence-corrected chi connectivity index (χ4v) is 3.60. The van der Waals surface area contributed by atoms with Crippen molar-refractivity contribution in [2.24, 2.45) is 5.92 Å². The molecule has 1 aromatic rings. The van der Waals surface area contributed by atoms with Gasteiger partial charge in [0.1, 0.15) is 5.82 Å². The van der Waals surface area contributed by atoms with E-state index in [-0.39, 0.29) is 23.5 Å². The van der Waals surface area contributed by atoms with Crippen molar-refractivity contribution in [1.82, 2.24) is 15.1 Å². The van der Waals surface area contributed by atoms with Gasteiger partial charge in [-0.2, -0.15) is 0 Å². The number of likely N-dealkylation sites (N-methyl/N-ethyl adjacent to an activating group) is 1. The van der Waals surface area contributed by atoms with E-state index in [4.69, 9.17) is 0 Å². The molecule has 24 heavy (non-hydrogen) atoms. The molecule has 5 nitrogen and oxygen atoms in total. The Morgan fingerprint density at radius 3 is 2.54 bits per heavy atom. The molecule has 0 radical (unpaired) electrons. The van der Waals surface area contributed by atoms with Crippen molar-refractivity contribution < 1.29 is 14.0 Å². The van der Waals surface area contributed by atoms with Crippen LogP contribution in [0.15, 0.2) is 24.3 Å². The lowest BCUT2D eigenvalue weighted by atomic mass is 9.93. The summed E-state index contributed by atoms with van der Waals surface area (Å²) in [6, 6.07) is 6.53. The van der Waals surface area contributed by atoms with E-state index >= 15 is 0 Å². The maximum absolute atomic E-state index is 14.2. The number of carbonyl (C=O) groups is 2. The van der Waals surface area contributed by atoms with E-state index in [2.05, 4.69) is 10.2 Å². The van der Waals surface area contributed by atoms with E-state index in [0.717, 1.165) is 0 Å². The maximum Gasteiger partial charge on any atom is 0.233 e. The first kappa shape index (κ1) is 16.9. The number of halogens is 1. The van der Waals surface area contributed by atoms with Crippen molar-refractivity contribution >= 4 is 11.8 Å². The fraction of sp³-hybridized carbons (Fsp3) is 0.556. The summed E-state index contributed by atoms with van der Waals surface area (Å²) in [5, 5.41) is 2.67. The van der Waals surface area contributed by atoms with Gasteiger partial charge >= 0.3 is 0 Å². The molecule has 0 unspecified atom stereocenters. The van der Waals surface area contributed by atoms with E-state index in [1.165, 1.54) is 6.07 Å². The van der Waals surface area contributed by atoms with Crippen LogP contribution in [0.3, 0.4) is 0 Å². The minimum absolute atomic E-state index is 0.0446. The quantitative estimate of drug-likeness (QED) is 0.898. The zero-order valence-electron chi connectivity index (χ0n) is 14.2. The molecule has 0 spiro atoms. The monoisotopic (exact) mass is 333 g/mol. The Labute approximate surface area is 141 Å². The minimum atomic E-state index is -0.735. The smallest absolute Gasteiger partial charge is 0.233 e. The van der Waals surface area contributed by atoms with Gasteiger partial charge in [0.25, 0.3) is 0 Å². The Balaban J connectivity index is 1.83. The molecule has 2 fully saturated rings. The molecule has 6 heteroatoms. The third-order valence-corrected chi connectivity index (χ3v) is 5.18. The number of hydrogen-bond acceptors (Lipinski definition) is 3. The van der Waals surface area contributed by atoms with E-state index in [9.17, 15) is 14.0 Å². The molecule has 2 amide bonds. The van der Waals surface area contributed by atoms with Gasteiger partial charge in [0.05, 0.1) is 11.3 Å². The van der Waals surface area contributed by atoms with E-state index in [1.807, 2.05) is 7.05 Å². The molecule has 1 aliphatic heterocycles. The predicted octanol–water partition coefficient (Wildman–Crippen LogP) is 0.994. The molecular weight excluding hydrogens is 309 g/mol. The van der Waals surface area contributed by atoms with Gasteiger partial charge in [-0.15, -0.1) is 0 Å². The average molecular weight is 333 g/mol. The fourth-order valence-electron chi connectivity index (χ4n) is 3.60. The number of rotatable bonds is 3. The van der Waals surface area contributed by atoms with E-state index in [1.54, 1.807) is 30.1 Å². The summed E-state index contributed by atoms with van der Waals surface area (Å²) in [5.41, 5.74) is -0.245. The van der Waals surface area contributed by atoms with Crippen molar-refractivity contribution in [3.63, 3.8) is 0 Å². The Hall–Kier alpha value is -1.95. The van der Waals surface area contributed by atoms with Crippen molar-refractivity contribution in [2.45, 2.75) is 18.3 Å². The first-order chi connectivity index (χ1) is 11.5. The lowest BCUT2D eigenvalue weighted by Gasteiger charge is -2.28. The van der Waals surface area contributed by atoms with Crippen LogP contribution in [0.4, 0.5) is 4.39 Å². The Kier molecular flexibility index (Phi) is 4.58. The number of amides is 2. The van der Waals surface area contributed by atoms with Gasteiger partial charge in [0, 0.05) is 38.8 Å². The van der Waals surface area contributed by atoms with E-state index in [0.29, 0.717) is 44.6 Å². The van der Waals surface area contributed by atoms with Gasteiger partial charge < -0.3 is 15.1 Å². The molecule has 1 heterocycles. The summed E-state index contributed by atoms with van der Waals surface area (Å²) in [7, 11) is 3.56. The second-order valence-electron chi connectivity index (χ2n) is 6.89. The summed E-state index contributed by atoms with van der Waals surface area (Å²) in [5.74, 6) is -0.685. The Morgan fingerprint density at radius 1 is 1.21 bits per heavy atom. The van der Waals surface area contributed by atoms with Crippen LogP contribution in [-0.4, -0.2) is 61.9 Å². The summed E-state index contributed by atoms with van der Waals surface area (Å²) in [4.78, 5) is 29.1. The van der Waals surface area contributed by atoms with Crippen molar-refractivity contribution in [2.75, 3.05) is 40.3 Å². The molecular formula is C18H24FN3O2. The first-order valence-electron chi connectivity index (χ1n) is 8.42. The van der Waals surface area contributed by atoms with Gasteiger partial charge in [-0.05, 0) is 26.0 Å². The minimum Gasteiger partial charge on any atom is -0.359 e. The summed E-state index contributed by atoms with van der Waals surface area (Å²) < 4.78 is 14.2. The van der Waals surface area contributed by atoms with Gasteiger partial charge in [0.15, 0.2) is 0 Å². The molecule has 1 saturated carbocycles. The highest BCUT2D eigenvalue weighted by atomic mass is 19.1. The highest BCUT2D eigenvalue weighted by Gasteiger charge is 2.54. The third kappa shape index (κ3) is 3.02. The van der Waals surface area contributed by atoms with Crippen LogP contribution < -0.4 is 5.32 Å². The summed E-state index contributed by atoms with van der Waals surface area (Å²) in [6.07, 6.45) is 1.34. The second kappa shape index (κ2) is 6.51. The van der Waals surface area contributed by atoms with Crippen molar-refractivity contribution in [1.29, 1.82) is 0 Å². The Morgan fingerprint density at radius 2 is 1.92 bits per heavy atom. The molecule has 1 aromatic carbocycles. The molecule has 0 aromatic heterocycles. The molecule has 2 aliphatic rings. The van der Waals surface area contributed by atoms with Crippen molar-refractivity contribution in [3.05, 3.63) is 35.6 Å². The number of nitrogens with one attached hydrogen (secondary N) is 1. The average Bonchev–Trinajstić information content (AvgIpc) is 3.39. The zero-order valence-corrected chi connectivity index (χ0v) is 14.2. The van der Waals surface area contributed by atoms with Gasteiger partial charge in [-0.3, -0.25) is 9.59 Å². The highest BCUT2D eigenvalue weighted by molar-refractivity contribution is 5.92. The molecule has 1 atom stereocenters. The maximum atomic E-state index is 14.2. The number of nitrogens with zero attached hydrogens (tertiary/aromatic N) is 2. The van der Waals surface area contributed by atoms with Crippen molar-refractivity contribution in [3.8, 4) is 0 Å².